The number of carbonyl (C=O) groups excluding carboxylic acids is 1. The van der Waals surface area contributed by atoms with Crippen molar-refractivity contribution >= 4 is 13.7 Å². The zero-order valence-electron chi connectivity index (χ0n) is 28.3. The number of phosphoric ester groups is 1. The number of unbranched alkanes of at least 4 members (excludes halogenated alkanes) is 11. The number of aliphatic hydroxyl groups excluding tert-OH is 1. The molecule has 0 aromatic rings. The lowest BCUT2D eigenvalue weighted by molar-refractivity contribution is -0.123. The molecule has 0 aliphatic carbocycles. The molecule has 1 amide bonds. The van der Waals surface area contributed by atoms with Crippen molar-refractivity contribution in [3.63, 3.8) is 0 Å². The van der Waals surface area contributed by atoms with Gasteiger partial charge in [-0.15, -0.1) is 0 Å². The average Bonchev–Trinajstić information content (AvgIpc) is 3.02. The van der Waals surface area contributed by atoms with Crippen molar-refractivity contribution in [3.05, 3.63) is 60.8 Å². The normalized spacial score (nSPS) is 15.2. The summed E-state index contributed by atoms with van der Waals surface area (Å²) >= 11 is 0. The predicted molar refractivity (Wildman–Crippen MR) is 189 cm³/mol. The number of nitrogens with one attached hydrogen (secondary N) is 1. The van der Waals surface area contributed by atoms with Crippen LogP contribution >= 0.6 is 7.82 Å². The minimum absolute atomic E-state index is 0.0691. The predicted octanol–water partition coefficient (Wildman–Crippen LogP) is 8.77. The van der Waals surface area contributed by atoms with Gasteiger partial charge in [-0.2, -0.15) is 0 Å². The van der Waals surface area contributed by atoms with Crippen molar-refractivity contribution in [2.75, 3.05) is 19.8 Å². The van der Waals surface area contributed by atoms with Gasteiger partial charge in [0.05, 0.1) is 25.4 Å². The van der Waals surface area contributed by atoms with Gasteiger partial charge in [0.1, 0.15) is 0 Å². The van der Waals surface area contributed by atoms with E-state index in [-0.39, 0.29) is 25.7 Å². The van der Waals surface area contributed by atoms with Gasteiger partial charge in [0, 0.05) is 13.0 Å². The van der Waals surface area contributed by atoms with Crippen molar-refractivity contribution in [1.82, 2.24) is 5.32 Å². The Morgan fingerprint density at radius 1 is 0.756 bits per heavy atom. The number of hydrogen-bond acceptors (Lipinski definition) is 6. The Hall–Kier alpha value is -1.80. The molecule has 0 radical (unpaired) electrons. The summed E-state index contributed by atoms with van der Waals surface area (Å²) in [7, 11) is -4.34. The monoisotopic (exact) mass is 652 g/mol. The molecule has 3 atom stereocenters. The lowest BCUT2D eigenvalue weighted by atomic mass is 10.1. The molecule has 0 rings (SSSR count). The van der Waals surface area contributed by atoms with Crippen LogP contribution in [0.2, 0.25) is 0 Å². The number of carbonyl (C=O) groups is 1. The van der Waals surface area contributed by atoms with E-state index >= 15 is 0 Å². The highest BCUT2D eigenvalue weighted by atomic mass is 31.2. The van der Waals surface area contributed by atoms with Gasteiger partial charge >= 0.3 is 7.82 Å². The highest BCUT2D eigenvalue weighted by molar-refractivity contribution is 7.47. The maximum Gasteiger partial charge on any atom is 0.472 e. The lowest BCUT2D eigenvalue weighted by Gasteiger charge is -2.23. The zero-order chi connectivity index (χ0) is 33.3. The maximum absolute atomic E-state index is 12.6. The Bertz CT molecular complexity index is 887. The van der Waals surface area contributed by atoms with Crippen molar-refractivity contribution < 1.29 is 28.4 Å². The third-order valence-corrected chi connectivity index (χ3v) is 8.06. The summed E-state index contributed by atoms with van der Waals surface area (Å²) < 4.78 is 21.9. The highest BCUT2D eigenvalue weighted by Crippen LogP contribution is 2.43. The van der Waals surface area contributed by atoms with E-state index in [0.717, 1.165) is 70.6 Å². The molecule has 0 fully saturated rings. The smallest absolute Gasteiger partial charge is 0.387 e. The van der Waals surface area contributed by atoms with Crippen molar-refractivity contribution in [3.8, 4) is 0 Å². The molecule has 9 heteroatoms. The van der Waals surface area contributed by atoms with Crippen molar-refractivity contribution in [2.24, 2.45) is 5.73 Å². The molecular weight excluding hydrogens is 587 g/mol. The molecule has 0 saturated heterocycles. The maximum atomic E-state index is 12.6. The molecule has 3 unspecified atom stereocenters. The lowest BCUT2D eigenvalue weighted by Crippen LogP contribution is -2.45. The van der Waals surface area contributed by atoms with Crippen LogP contribution in [-0.4, -0.2) is 47.8 Å². The summed E-state index contributed by atoms with van der Waals surface area (Å²) in [5.74, 6) is -0.222. The van der Waals surface area contributed by atoms with Gasteiger partial charge in [-0.3, -0.25) is 13.8 Å². The fraction of sp³-hybridized carbons (Fsp3) is 0.694. The first-order valence-electron chi connectivity index (χ1n) is 17.4. The van der Waals surface area contributed by atoms with E-state index in [4.69, 9.17) is 14.8 Å². The largest absolute Gasteiger partial charge is 0.472 e. The molecule has 260 valence electrons. The Balaban J connectivity index is 4.34. The number of rotatable bonds is 31. The number of amides is 1. The molecule has 0 aliphatic rings. The van der Waals surface area contributed by atoms with Crippen LogP contribution in [0.5, 0.6) is 0 Å². The molecule has 0 aliphatic heterocycles. The minimum atomic E-state index is -4.34. The van der Waals surface area contributed by atoms with Crippen LogP contribution in [0.1, 0.15) is 129 Å². The van der Waals surface area contributed by atoms with Crippen LogP contribution in [0.3, 0.4) is 0 Å². The molecule has 0 aromatic heterocycles. The van der Waals surface area contributed by atoms with E-state index in [2.05, 4.69) is 67.8 Å². The van der Waals surface area contributed by atoms with Crippen LogP contribution in [-0.2, 0) is 18.4 Å². The van der Waals surface area contributed by atoms with Gasteiger partial charge in [0.15, 0.2) is 0 Å². The fourth-order valence-corrected chi connectivity index (χ4v) is 5.21. The number of phosphoric acid groups is 1. The summed E-state index contributed by atoms with van der Waals surface area (Å²) in [5, 5.41) is 13.5. The summed E-state index contributed by atoms with van der Waals surface area (Å²) in [6.07, 6.45) is 38.5. The fourth-order valence-electron chi connectivity index (χ4n) is 4.45. The van der Waals surface area contributed by atoms with Crippen molar-refractivity contribution in [2.45, 2.75) is 142 Å². The van der Waals surface area contributed by atoms with Gasteiger partial charge in [0.25, 0.3) is 0 Å². The Morgan fingerprint density at radius 2 is 1.31 bits per heavy atom. The zero-order valence-corrected chi connectivity index (χ0v) is 29.2. The molecule has 0 aromatic carbocycles. The summed E-state index contributed by atoms with van der Waals surface area (Å²) in [5.41, 5.74) is 5.33. The summed E-state index contributed by atoms with van der Waals surface area (Å²) in [6, 6.07) is -0.881. The van der Waals surface area contributed by atoms with Crippen molar-refractivity contribution in [1.29, 1.82) is 0 Å². The SMILES string of the molecule is CC/C=C\C/C=C\C/C=C\CCCCCCCCCC(=O)NC(COP(=O)(O)OCCN)C(O)/C=C/CC/C=C/CCCCC. The van der Waals surface area contributed by atoms with Gasteiger partial charge in [0.2, 0.25) is 5.91 Å². The third-order valence-electron chi connectivity index (χ3n) is 7.08. The van der Waals surface area contributed by atoms with E-state index in [1.807, 2.05) is 6.08 Å². The summed E-state index contributed by atoms with van der Waals surface area (Å²) in [6.45, 7) is 3.90. The van der Waals surface area contributed by atoms with Gasteiger partial charge in [-0.25, -0.2) is 4.57 Å². The van der Waals surface area contributed by atoms with Gasteiger partial charge < -0.3 is 21.1 Å². The number of allylic oxidation sites excluding steroid dienone is 9. The second-order valence-corrected chi connectivity index (χ2v) is 12.8. The molecule has 45 heavy (non-hydrogen) atoms. The highest BCUT2D eigenvalue weighted by Gasteiger charge is 2.26. The molecule has 0 heterocycles. The number of nitrogens with two attached hydrogens (primary N) is 1. The van der Waals surface area contributed by atoms with Crippen LogP contribution in [0, 0.1) is 0 Å². The number of aliphatic hydroxyl groups is 1. The van der Waals surface area contributed by atoms with E-state index in [1.54, 1.807) is 6.08 Å². The summed E-state index contributed by atoms with van der Waals surface area (Å²) in [4.78, 5) is 22.5. The van der Waals surface area contributed by atoms with Crippen LogP contribution in [0.25, 0.3) is 0 Å². The van der Waals surface area contributed by atoms with Crippen LogP contribution in [0.15, 0.2) is 60.8 Å². The first kappa shape index (κ1) is 43.2. The topological polar surface area (TPSA) is 131 Å². The molecule has 0 bridgehead atoms. The van der Waals surface area contributed by atoms with E-state index < -0.39 is 20.0 Å². The minimum Gasteiger partial charge on any atom is -0.387 e. The van der Waals surface area contributed by atoms with E-state index in [0.29, 0.717) is 6.42 Å². The van der Waals surface area contributed by atoms with Gasteiger partial charge in [-0.1, -0.05) is 120 Å². The average molecular weight is 653 g/mol. The Labute approximate surface area is 274 Å². The molecule has 5 N–H and O–H groups in total. The second kappa shape index (κ2) is 32.2. The quantitative estimate of drug-likeness (QED) is 0.0334. The molecule has 0 saturated carbocycles. The first-order chi connectivity index (χ1) is 21.9. The van der Waals surface area contributed by atoms with Gasteiger partial charge in [-0.05, 0) is 64.2 Å². The molecule has 0 spiro atoms. The Morgan fingerprint density at radius 3 is 1.98 bits per heavy atom. The van der Waals surface area contributed by atoms with Crippen LogP contribution in [0.4, 0.5) is 0 Å². The standard InChI is InChI=1S/C36H65N2O6P/c1-3-5-7-9-11-13-14-15-16-17-18-19-20-22-24-26-28-30-36(40)38-34(33-44-45(41,42)43-32-31-37)35(39)29-27-25-23-21-12-10-8-6-4-2/h5,7,11-13,15-16,21,27,29,34-35,39H,3-4,6,8-10,14,17-20,22-26,28,30-33,37H2,1-2H3,(H,38,40)(H,41,42)/b7-5-,13-11-,16-15-,21-12+,29-27+. The molecule has 8 nitrogen and oxygen atoms in total. The number of hydrogen-bond donors (Lipinski definition) is 4. The first-order valence-corrected chi connectivity index (χ1v) is 18.9. The van der Waals surface area contributed by atoms with E-state index in [1.165, 1.54) is 38.5 Å². The van der Waals surface area contributed by atoms with Crippen LogP contribution < -0.4 is 11.1 Å². The van der Waals surface area contributed by atoms with E-state index in [9.17, 15) is 19.4 Å². The Kier molecular flexibility index (Phi) is 30.9. The molecular formula is C36H65N2O6P. The second-order valence-electron chi connectivity index (χ2n) is 11.3. The third kappa shape index (κ3) is 30.6.